The summed E-state index contributed by atoms with van der Waals surface area (Å²) in [5, 5.41) is 23.1. The Morgan fingerprint density at radius 2 is 2.06 bits per heavy atom. The van der Waals surface area contributed by atoms with Crippen molar-refractivity contribution >= 4 is 28.2 Å². The topological polar surface area (TPSA) is 105 Å². The third kappa shape index (κ3) is 2.61. The molecule has 2 N–H and O–H groups in total. The zero-order chi connectivity index (χ0) is 13.1. The molecule has 2 rings (SSSR count). The molecular formula is C10H7N3O4S. The van der Waals surface area contributed by atoms with Crippen LogP contribution in [0.1, 0.15) is 0 Å². The van der Waals surface area contributed by atoms with Gasteiger partial charge in [-0.2, -0.15) is 0 Å². The van der Waals surface area contributed by atoms with Gasteiger partial charge in [0, 0.05) is 23.1 Å². The van der Waals surface area contributed by atoms with Gasteiger partial charge in [0.05, 0.1) is 10.6 Å². The minimum Gasteiger partial charge on any atom is -0.465 e. The van der Waals surface area contributed by atoms with Gasteiger partial charge in [0.15, 0.2) is 5.13 Å². The molecule has 8 heteroatoms. The highest BCUT2D eigenvalue weighted by molar-refractivity contribution is 7.14. The number of anilines is 1. The number of nitro benzene ring substituents is 1. The van der Waals surface area contributed by atoms with Gasteiger partial charge in [-0.3, -0.25) is 15.4 Å². The van der Waals surface area contributed by atoms with Gasteiger partial charge < -0.3 is 5.11 Å². The Labute approximate surface area is 105 Å². The van der Waals surface area contributed by atoms with E-state index in [2.05, 4.69) is 10.3 Å². The van der Waals surface area contributed by atoms with E-state index in [-0.39, 0.29) is 10.8 Å². The number of nitrogens with zero attached hydrogens (tertiary/aromatic N) is 2. The Bertz CT molecular complexity index is 593. The van der Waals surface area contributed by atoms with Crippen molar-refractivity contribution in [3.63, 3.8) is 0 Å². The van der Waals surface area contributed by atoms with E-state index >= 15 is 0 Å². The quantitative estimate of drug-likeness (QED) is 0.655. The number of rotatable bonds is 3. The number of hydrogen-bond acceptors (Lipinski definition) is 5. The maximum atomic E-state index is 10.5. The molecule has 0 spiro atoms. The summed E-state index contributed by atoms with van der Waals surface area (Å²) in [5.74, 6) is 0. The van der Waals surface area contributed by atoms with Crippen molar-refractivity contribution in [2.75, 3.05) is 5.32 Å². The lowest BCUT2D eigenvalue weighted by atomic mass is 10.1. The summed E-state index contributed by atoms with van der Waals surface area (Å²) in [5.41, 5.74) is 1.26. The molecule has 0 saturated heterocycles. The number of carbonyl (C=O) groups is 1. The first-order valence-corrected chi connectivity index (χ1v) is 5.64. The number of nitro groups is 1. The van der Waals surface area contributed by atoms with Crippen LogP contribution in [-0.4, -0.2) is 21.1 Å². The number of aromatic nitrogens is 1. The Morgan fingerprint density at radius 3 is 2.61 bits per heavy atom. The summed E-state index contributed by atoms with van der Waals surface area (Å²) < 4.78 is 0. The Hall–Kier alpha value is -2.48. The van der Waals surface area contributed by atoms with Crippen molar-refractivity contribution in [2.45, 2.75) is 0 Å². The normalized spacial score (nSPS) is 10.0. The van der Waals surface area contributed by atoms with Gasteiger partial charge in [0.1, 0.15) is 0 Å². The van der Waals surface area contributed by atoms with Crippen LogP contribution >= 0.6 is 11.3 Å². The first-order chi connectivity index (χ1) is 8.56. The number of benzene rings is 1. The molecule has 0 fully saturated rings. The molecule has 2 aromatic rings. The van der Waals surface area contributed by atoms with Gasteiger partial charge in [-0.05, 0) is 12.1 Å². The molecule has 1 amide bonds. The van der Waals surface area contributed by atoms with Gasteiger partial charge in [0.2, 0.25) is 0 Å². The van der Waals surface area contributed by atoms with Crippen LogP contribution in [0, 0.1) is 10.1 Å². The van der Waals surface area contributed by atoms with Crippen LogP contribution in [-0.2, 0) is 0 Å². The van der Waals surface area contributed by atoms with Crippen LogP contribution in [0.3, 0.4) is 0 Å². The summed E-state index contributed by atoms with van der Waals surface area (Å²) in [4.78, 5) is 24.5. The van der Waals surface area contributed by atoms with Crippen LogP contribution in [0.25, 0.3) is 11.3 Å². The maximum absolute atomic E-state index is 10.5. The molecule has 1 heterocycles. The van der Waals surface area contributed by atoms with E-state index < -0.39 is 11.0 Å². The fourth-order valence-electron chi connectivity index (χ4n) is 1.31. The molecule has 92 valence electrons. The molecule has 0 aliphatic carbocycles. The molecule has 0 unspecified atom stereocenters. The van der Waals surface area contributed by atoms with Crippen molar-refractivity contribution in [2.24, 2.45) is 0 Å². The van der Waals surface area contributed by atoms with Gasteiger partial charge in [-0.25, -0.2) is 9.78 Å². The molecule has 0 aliphatic heterocycles. The Kier molecular flexibility index (Phi) is 3.20. The second-order valence-electron chi connectivity index (χ2n) is 3.27. The van der Waals surface area contributed by atoms with Crippen LogP contribution in [0.4, 0.5) is 15.6 Å². The Balaban J connectivity index is 2.23. The zero-order valence-electron chi connectivity index (χ0n) is 8.86. The summed E-state index contributed by atoms with van der Waals surface area (Å²) in [6.45, 7) is 0. The molecule has 7 nitrogen and oxygen atoms in total. The summed E-state index contributed by atoms with van der Waals surface area (Å²) in [6.07, 6.45) is -1.18. The molecule has 1 aromatic heterocycles. The van der Waals surface area contributed by atoms with E-state index in [0.717, 1.165) is 11.3 Å². The highest BCUT2D eigenvalue weighted by atomic mass is 32.1. The van der Waals surface area contributed by atoms with Crippen LogP contribution in [0.15, 0.2) is 29.6 Å². The number of amides is 1. The number of non-ortho nitro benzene ring substituents is 1. The maximum Gasteiger partial charge on any atom is 0.410 e. The molecule has 18 heavy (non-hydrogen) atoms. The lowest BCUT2D eigenvalue weighted by Gasteiger charge is -1.96. The first-order valence-electron chi connectivity index (χ1n) is 4.76. The van der Waals surface area contributed by atoms with E-state index in [4.69, 9.17) is 5.11 Å². The number of carboxylic acid groups (broad SMARTS) is 1. The van der Waals surface area contributed by atoms with Crippen molar-refractivity contribution in [1.29, 1.82) is 0 Å². The van der Waals surface area contributed by atoms with Crippen LogP contribution < -0.4 is 5.32 Å². The fourth-order valence-corrected chi connectivity index (χ4v) is 2.02. The standard InChI is InChI=1S/C10H7N3O4S/c14-10(15)12-9-11-8(5-18-9)6-1-3-7(4-2-6)13(16)17/h1-5H,(H,11,12)(H,14,15). The molecule has 0 atom stereocenters. The van der Waals surface area contributed by atoms with E-state index in [9.17, 15) is 14.9 Å². The molecule has 0 aliphatic rings. The predicted molar refractivity (Wildman–Crippen MR) is 65.9 cm³/mol. The smallest absolute Gasteiger partial charge is 0.410 e. The second-order valence-corrected chi connectivity index (χ2v) is 4.13. The van der Waals surface area contributed by atoms with Crippen molar-refractivity contribution in [3.05, 3.63) is 39.8 Å². The van der Waals surface area contributed by atoms with E-state index in [1.54, 1.807) is 17.5 Å². The SMILES string of the molecule is O=C(O)Nc1nc(-c2ccc([N+](=O)[O-])cc2)cs1. The number of nitrogens with one attached hydrogen (secondary N) is 1. The van der Waals surface area contributed by atoms with Gasteiger partial charge in [-0.15, -0.1) is 11.3 Å². The van der Waals surface area contributed by atoms with Gasteiger partial charge in [-0.1, -0.05) is 0 Å². The predicted octanol–water partition coefficient (Wildman–Crippen LogP) is 2.81. The second kappa shape index (κ2) is 4.80. The third-order valence-corrected chi connectivity index (χ3v) is 2.85. The Morgan fingerprint density at radius 1 is 1.39 bits per heavy atom. The van der Waals surface area contributed by atoms with Crippen molar-refractivity contribution in [1.82, 2.24) is 4.98 Å². The summed E-state index contributed by atoms with van der Waals surface area (Å²) in [6, 6.07) is 5.88. The average Bonchev–Trinajstić information content (AvgIpc) is 2.76. The first kappa shape index (κ1) is 12.0. The summed E-state index contributed by atoms with van der Waals surface area (Å²) >= 11 is 1.15. The lowest BCUT2D eigenvalue weighted by Crippen LogP contribution is -2.06. The molecule has 0 radical (unpaired) electrons. The largest absolute Gasteiger partial charge is 0.465 e. The van der Waals surface area contributed by atoms with Gasteiger partial charge in [0.25, 0.3) is 5.69 Å². The molecule has 0 saturated carbocycles. The van der Waals surface area contributed by atoms with E-state index in [1.807, 2.05) is 0 Å². The highest BCUT2D eigenvalue weighted by Crippen LogP contribution is 2.26. The molecule has 1 aromatic carbocycles. The summed E-state index contributed by atoms with van der Waals surface area (Å²) in [7, 11) is 0. The lowest BCUT2D eigenvalue weighted by molar-refractivity contribution is -0.384. The zero-order valence-corrected chi connectivity index (χ0v) is 9.68. The van der Waals surface area contributed by atoms with Crippen LogP contribution in [0.2, 0.25) is 0 Å². The average molecular weight is 265 g/mol. The highest BCUT2D eigenvalue weighted by Gasteiger charge is 2.09. The van der Waals surface area contributed by atoms with Crippen molar-refractivity contribution < 1.29 is 14.8 Å². The third-order valence-electron chi connectivity index (χ3n) is 2.09. The molecular weight excluding hydrogens is 258 g/mol. The monoisotopic (exact) mass is 265 g/mol. The number of hydrogen-bond donors (Lipinski definition) is 2. The minimum atomic E-state index is -1.18. The van der Waals surface area contributed by atoms with Crippen molar-refractivity contribution in [3.8, 4) is 11.3 Å². The van der Waals surface area contributed by atoms with E-state index in [1.165, 1.54) is 12.1 Å². The minimum absolute atomic E-state index is 0.00198. The van der Waals surface area contributed by atoms with Crippen LogP contribution in [0.5, 0.6) is 0 Å². The number of thiazole rings is 1. The molecule has 0 bridgehead atoms. The van der Waals surface area contributed by atoms with E-state index in [0.29, 0.717) is 11.3 Å². The van der Waals surface area contributed by atoms with Gasteiger partial charge >= 0.3 is 6.09 Å². The fraction of sp³-hybridized carbons (Fsp3) is 0.